The average Bonchev–Trinajstić information content (AvgIpc) is 2.37. The van der Waals surface area contributed by atoms with Gasteiger partial charge in [-0.1, -0.05) is 39.7 Å². The highest BCUT2D eigenvalue weighted by Crippen LogP contribution is 2.39. The van der Waals surface area contributed by atoms with Crippen LogP contribution in [0, 0.1) is 0 Å². The molecule has 104 valence electrons. The van der Waals surface area contributed by atoms with E-state index < -0.39 is 0 Å². The topological polar surface area (TPSA) is 12.0 Å². The SMILES string of the molecule is Clc1cc(NC2CC(c3cccc(Br)c3)C2)ccc1Br. The minimum absolute atomic E-state index is 0.538. The monoisotopic (exact) mass is 413 g/mol. The molecule has 0 heterocycles. The maximum Gasteiger partial charge on any atom is 0.0568 e. The lowest BCUT2D eigenvalue weighted by Crippen LogP contribution is -2.33. The van der Waals surface area contributed by atoms with E-state index in [1.807, 2.05) is 12.1 Å². The Kier molecular flexibility index (Phi) is 4.39. The van der Waals surface area contributed by atoms with Crippen LogP contribution in [0.2, 0.25) is 5.02 Å². The zero-order chi connectivity index (χ0) is 14.1. The standard InChI is InChI=1S/C16H14Br2ClN/c17-12-3-1-2-10(6-12)11-7-14(8-11)20-13-4-5-15(18)16(19)9-13/h1-6,9,11,14,20H,7-8H2. The normalized spacial score (nSPS) is 21.4. The second kappa shape index (κ2) is 6.08. The zero-order valence-corrected chi connectivity index (χ0v) is 14.7. The van der Waals surface area contributed by atoms with Crippen LogP contribution in [0.5, 0.6) is 0 Å². The van der Waals surface area contributed by atoms with Gasteiger partial charge in [-0.15, -0.1) is 0 Å². The Morgan fingerprint density at radius 1 is 1.05 bits per heavy atom. The van der Waals surface area contributed by atoms with E-state index >= 15 is 0 Å². The highest BCUT2D eigenvalue weighted by Gasteiger charge is 2.30. The van der Waals surface area contributed by atoms with Crippen LogP contribution in [0.3, 0.4) is 0 Å². The van der Waals surface area contributed by atoms with Gasteiger partial charge < -0.3 is 5.32 Å². The summed E-state index contributed by atoms with van der Waals surface area (Å²) in [5.41, 5.74) is 2.52. The molecule has 0 unspecified atom stereocenters. The van der Waals surface area contributed by atoms with Crippen molar-refractivity contribution < 1.29 is 0 Å². The summed E-state index contributed by atoms with van der Waals surface area (Å²) >= 11 is 13.1. The molecule has 0 bridgehead atoms. The van der Waals surface area contributed by atoms with E-state index in [1.165, 1.54) is 18.4 Å². The maximum atomic E-state index is 6.11. The molecule has 1 nitrogen and oxygen atoms in total. The molecule has 2 aromatic rings. The van der Waals surface area contributed by atoms with Gasteiger partial charge in [-0.25, -0.2) is 0 Å². The fourth-order valence-corrected chi connectivity index (χ4v) is 3.43. The summed E-state index contributed by atoms with van der Waals surface area (Å²) < 4.78 is 2.09. The third kappa shape index (κ3) is 3.21. The van der Waals surface area contributed by atoms with Crippen LogP contribution >= 0.6 is 43.5 Å². The largest absolute Gasteiger partial charge is 0.382 e. The average molecular weight is 416 g/mol. The summed E-state index contributed by atoms with van der Waals surface area (Å²) in [6.45, 7) is 0. The molecule has 20 heavy (non-hydrogen) atoms. The van der Waals surface area contributed by atoms with Gasteiger partial charge in [0.05, 0.1) is 5.02 Å². The molecule has 0 aromatic heterocycles. The van der Waals surface area contributed by atoms with E-state index in [0.29, 0.717) is 12.0 Å². The lowest BCUT2D eigenvalue weighted by Gasteiger charge is -2.37. The van der Waals surface area contributed by atoms with Crippen molar-refractivity contribution in [3.63, 3.8) is 0 Å². The molecular formula is C16H14Br2ClN. The summed E-state index contributed by atoms with van der Waals surface area (Å²) in [7, 11) is 0. The smallest absolute Gasteiger partial charge is 0.0568 e. The summed E-state index contributed by atoms with van der Waals surface area (Å²) in [6.07, 6.45) is 2.34. The van der Waals surface area contributed by atoms with Gasteiger partial charge in [-0.05, 0) is 70.6 Å². The van der Waals surface area contributed by atoms with E-state index in [-0.39, 0.29) is 0 Å². The van der Waals surface area contributed by atoms with E-state index in [2.05, 4.69) is 67.5 Å². The Labute approximate surface area is 141 Å². The quantitative estimate of drug-likeness (QED) is 0.627. The maximum absolute atomic E-state index is 6.11. The number of anilines is 1. The number of hydrogen-bond acceptors (Lipinski definition) is 1. The highest BCUT2D eigenvalue weighted by atomic mass is 79.9. The van der Waals surface area contributed by atoms with Crippen molar-refractivity contribution in [3.8, 4) is 0 Å². The third-order valence-corrected chi connectivity index (χ3v) is 5.47. The number of benzene rings is 2. The van der Waals surface area contributed by atoms with Gasteiger partial charge in [0.25, 0.3) is 0 Å². The lowest BCUT2D eigenvalue weighted by atomic mass is 9.76. The molecule has 1 aliphatic rings. The van der Waals surface area contributed by atoms with Crippen molar-refractivity contribution >= 4 is 49.1 Å². The summed E-state index contributed by atoms with van der Waals surface area (Å²) in [5, 5.41) is 4.29. The van der Waals surface area contributed by atoms with Gasteiger partial charge in [0.1, 0.15) is 0 Å². The second-order valence-electron chi connectivity index (χ2n) is 5.19. The molecule has 1 saturated carbocycles. The van der Waals surface area contributed by atoms with Crippen LogP contribution in [-0.2, 0) is 0 Å². The van der Waals surface area contributed by atoms with Crippen LogP contribution in [0.4, 0.5) is 5.69 Å². The number of hydrogen-bond donors (Lipinski definition) is 1. The molecule has 0 aliphatic heterocycles. The molecule has 1 N–H and O–H groups in total. The van der Waals surface area contributed by atoms with Crippen molar-refractivity contribution in [2.45, 2.75) is 24.8 Å². The van der Waals surface area contributed by atoms with E-state index in [0.717, 1.165) is 19.7 Å². The van der Waals surface area contributed by atoms with Crippen molar-refractivity contribution in [1.82, 2.24) is 0 Å². The minimum Gasteiger partial charge on any atom is -0.382 e. The molecule has 0 amide bonds. The van der Waals surface area contributed by atoms with Crippen molar-refractivity contribution in [3.05, 3.63) is 62.0 Å². The Morgan fingerprint density at radius 3 is 2.55 bits per heavy atom. The first-order valence-electron chi connectivity index (χ1n) is 6.59. The minimum atomic E-state index is 0.538. The van der Waals surface area contributed by atoms with Gasteiger partial charge in [0.2, 0.25) is 0 Å². The zero-order valence-electron chi connectivity index (χ0n) is 10.7. The lowest BCUT2D eigenvalue weighted by molar-refractivity contribution is 0.374. The predicted molar refractivity (Wildman–Crippen MR) is 92.7 cm³/mol. The van der Waals surface area contributed by atoms with Crippen LogP contribution in [0.25, 0.3) is 0 Å². The van der Waals surface area contributed by atoms with Crippen molar-refractivity contribution in [2.24, 2.45) is 0 Å². The summed E-state index contributed by atoms with van der Waals surface area (Å²) in [4.78, 5) is 0. The fraction of sp³-hybridized carbons (Fsp3) is 0.250. The molecule has 1 aliphatic carbocycles. The van der Waals surface area contributed by atoms with Crippen LogP contribution in [-0.4, -0.2) is 6.04 Å². The van der Waals surface area contributed by atoms with Crippen LogP contribution < -0.4 is 5.32 Å². The number of halogens is 3. The number of nitrogens with one attached hydrogen (secondary N) is 1. The van der Waals surface area contributed by atoms with Crippen LogP contribution in [0.15, 0.2) is 51.4 Å². The first-order chi connectivity index (χ1) is 9.61. The van der Waals surface area contributed by atoms with Gasteiger partial charge >= 0.3 is 0 Å². The van der Waals surface area contributed by atoms with Crippen LogP contribution in [0.1, 0.15) is 24.3 Å². The van der Waals surface area contributed by atoms with Gasteiger partial charge in [-0.2, -0.15) is 0 Å². The Bertz CT molecular complexity index is 624. The Balaban J connectivity index is 1.59. The van der Waals surface area contributed by atoms with Crippen molar-refractivity contribution in [1.29, 1.82) is 0 Å². The third-order valence-electron chi connectivity index (χ3n) is 3.75. The van der Waals surface area contributed by atoms with Gasteiger partial charge in [0.15, 0.2) is 0 Å². The first kappa shape index (κ1) is 14.4. The molecule has 0 atom stereocenters. The Hall–Kier alpha value is -0.510. The molecule has 0 radical (unpaired) electrons. The second-order valence-corrected chi connectivity index (χ2v) is 7.37. The molecular weight excluding hydrogens is 401 g/mol. The van der Waals surface area contributed by atoms with E-state index in [4.69, 9.17) is 11.6 Å². The summed E-state index contributed by atoms with van der Waals surface area (Å²) in [6, 6.07) is 15.2. The van der Waals surface area contributed by atoms with E-state index in [1.54, 1.807) is 0 Å². The van der Waals surface area contributed by atoms with E-state index in [9.17, 15) is 0 Å². The van der Waals surface area contributed by atoms with Gasteiger partial charge in [0, 0.05) is 20.7 Å². The fourth-order valence-electron chi connectivity index (χ4n) is 2.59. The van der Waals surface area contributed by atoms with Crippen molar-refractivity contribution in [2.75, 3.05) is 5.32 Å². The molecule has 0 spiro atoms. The molecule has 3 rings (SSSR count). The van der Waals surface area contributed by atoms with Gasteiger partial charge in [-0.3, -0.25) is 0 Å². The summed E-state index contributed by atoms with van der Waals surface area (Å²) in [5.74, 6) is 0.663. The first-order valence-corrected chi connectivity index (χ1v) is 8.55. The Morgan fingerprint density at radius 2 is 1.85 bits per heavy atom. The molecule has 2 aromatic carbocycles. The molecule has 0 saturated heterocycles. The predicted octanol–water partition coefficient (Wildman–Crippen LogP) is 6.22. The highest BCUT2D eigenvalue weighted by molar-refractivity contribution is 9.10. The molecule has 1 fully saturated rings. The molecule has 4 heteroatoms. The number of rotatable bonds is 3.